The number of hydrogen-bond acceptors (Lipinski definition) is 2. The Morgan fingerprint density at radius 1 is 0.271 bits per heavy atom. The quantitative estimate of drug-likeness (QED) is 0.136. The van der Waals surface area contributed by atoms with Crippen molar-refractivity contribution < 1.29 is 0 Å². The first-order valence-electron chi connectivity index (χ1n) is 24.1. The summed E-state index contributed by atoms with van der Waals surface area (Å²) in [6, 6.07) is 104. The number of hydrogen-bond donors (Lipinski definition) is 0. The molecule has 70 heavy (non-hydrogen) atoms. The molecule has 0 aliphatic heterocycles. The van der Waals surface area contributed by atoms with Crippen LogP contribution in [-0.2, 0) is 5.41 Å². The van der Waals surface area contributed by atoms with Crippen LogP contribution in [0.1, 0.15) is 22.3 Å². The molecule has 13 rings (SSSR count). The molecule has 0 unspecified atom stereocenters. The van der Waals surface area contributed by atoms with Crippen molar-refractivity contribution in [2.75, 3.05) is 9.80 Å². The topological polar surface area (TPSA) is 11.4 Å². The third kappa shape index (κ3) is 6.74. The zero-order valence-electron chi connectivity index (χ0n) is 38.5. The number of fused-ring (bicyclic) bond motifs is 6. The lowest BCUT2D eigenvalue weighted by Gasteiger charge is -2.34. The van der Waals surface area contributed by atoms with E-state index in [1.807, 2.05) is 0 Å². The van der Waals surface area contributed by atoms with Gasteiger partial charge in [-0.05, 0) is 148 Å². The fourth-order valence-electron chi connectivity index (χ4n) is 11.2. The second kappa shape index (κ2) is 17.2. The Morgan fingerprint density at radius 3 is 1.20 bits per heavy atom. The molecule has 0 bridgehead atoms. The SMILES string of the molecule is c1ccc(-c2ccc(N(c3ccccc3)c3ccc4c(c3)c3cc(C5(c6ccccc6)c6ccccc6-c6ccccc65)ccc3n4-c3ccc(N(c4ccccc4)c4ccccc4)cc3)cc2)cc1. The van der Waals surface area contributed by atoms with Crippen LogP contribution in [0.25, 0.3) is 49.7 Å². The maximum atomic E-state index is 2.49. The molecular weight excluding hydrogens is 847 g/mol. The predicted octanol–water partition coefficient (Wildman–Crippen LogP) is 17.8. The summed E-state index contributed by atoms with van der Waals surface area (Å²) in [5.74, 6) is 0. The Kier molecular flexibility index (Phi) is 10.1. The fraction of sp³-hybridized carbons (Fsp3) is 0.0149. The third-order valence-electron chi connectivity index (χ3n) is 14.2. The van der Waals surface area contributed by atoms with Crippen molar-refractivity contribution in [1.29, 1.82) is 0 Å². The van der Waals surface area contributed by atoms with Gasteiger partial charge in [-0.25, -0.2) is 0 Å². The van der Waals surface area contributed by atoms with Crippen LogP contribution in [0.15, 0.2) is 285 Å². The molecule has 11 aromatic carbocycles. The van der Waals surface area contributed by atoms with Gasteiger partial charge in [0.1, 0.15) is 0 Å². The van der Waals surface area contributed by atoms with Gasteiger partial charge in [-0.1, -0.05) is 182 Å². The van der Waals surface area contributed by atoms with Gasteiger partial charge in [0.15, 0.2) is 0 Å². The maximum Gasteiger partial charge on any atom is 0.0713 e. The Labute approximate surface area is 409 Å². The van der Waals surface area contributed by atoms with Crippen molar-refractivity contribution in [3.05, 3.63) is 307 Å². The van der Waals surface area contributed by atoms with E-state index in [0.717, 1.165) is 50.8 Å². The number of benzene rings is 11. The second-order valence-corrected chi connectivity index (χ2v) is 18.1. The van der Waals surface area contributed by atoms with Gasteiger partial charge in [-0.3, -0.25) is 0 Å². The van der Waals surface area contributed by atoms with Gasteiger partial charge < -0.3 is 14.4 Å². The summed E-state index contributed by atoms with van der Waals surface area (Å²) in [6.07, 6.45) is 0. The molecule has 1 aromatic heterocycles. The van der Waals surface area contributed by atoms with Crippen LogP contribution in [0.5, 0.6) is 0 Å². The van der Waals surface area contributed by atoms with E-state index in [0.29, 0.717) is 0 Å². The summed E-state index contributed by atoms with van der Waals surface area (Å²) >= 11 is 0. The van der Waals surface area contributed by atoms with Gasteiger partial charge in [0.25, 0.3) is 0 Å². The molecular formula is C67H47N3. The summed E-state index contributed by atoms with van der Waals surface area (Å²) in [6.45, 7) is 0. The molecule has 0 saturated heterocycles. The highest BCUT2D eigenvalue weighted by Crippen LogP contribution is 2.56. The summed E-state index contributed by atoms with van der Waals surface area (Å²) in [5, 5.41) is 2.37. The third-order valence-corrected chi connectivity index (χ3v) is 14.2. The zero-order valence-corrected chi connectivity index (χ0v) is 38.5. The van der Waals surface area contributed by atoms with Crippen molar-refractivity contribution in [3.8, 4) is 27.9 Å². The highest BCUT2D eigenvalue weighted by Gasteiger charge is 2.46. The molecule has 1 aliphatic carbocycles. The molecule has 3 heteroatoms. The van der Waals surface area contributed by atoms with Gasteiger partial charge in [-0.15, -0.1) is 0 Å². The van der Waals surface area contributed by atoms with Crippen molar-refractivity contribution in [2.45, 2.75) is 5.41 Å². The van der Waals surface area contributed by atoms with Crippen LogP contribution in [0.4, 0.5) is 34.1 Å². The van der Waals surface area contributed by atoms with E-state index in [2.05, 4.69) is 299 Å². The van der Waals surface area contributed by atoms with E-state index in [1.165, 1.54) is 55.3 Å². The minimum Gasteiger partial charge on any atom is -0.311 e. The van der Waals surface area contributed by atoms with E-state index in [1.54, 1.807) is 0 Å². The first kappa shape index (κ1) is 41.0. The zero-order chi connectivity index (χ0) is 46.4. The van der Waals surface area contributed by atoms with E-state index >= 15 is 0 Å². The molecule has 1 heterocycles. The molecule has 0 fully saturated rings. The summed E-state index contributed by atoms with van der Waals surface area (Å²) in [5.41, 5.74) is 19.5. The molecule has 0 saturated carbocycles. The number of aromatic nitrogens is 1. The highest BCUT2D eigenvalue weighted by molar-refractivity contribution is 6.11. The van der Waals surface area contributed by atoms with Crippen LogP contribution in [0.3, 0.4) is 0 Å². The van der Waals surface area contributed by atoms with Gasteiger partial charge in [-0.2, -0.15) is 0 Å². The monoisotopic (exact) mass is 893 g/mol. The number of anilines is 6. The Bertz CT molecular complexity index is 3710. The molecule has 12 aromatic rings. The molecule has 0 amide bonds. The number of nitrogens with zero attached hydrogens (tertiary/aromatic N) is 3. The molecule has 1 aliphatic rings. The van der Waals surface area contributed by atoms with Crippen LogP contribution >= 0.6 is 0 Å². The van der Waals surface area contributed by atoms with Crippen LogP contribution < -0.4 is 9.80 Å². The molecule has 3 nitrogen and oxygen atoms in total. The van der Waals surface area contributed by atoms with Crippen molar-refractivity contribution >= 4 is 55.9 Å². The minimum absolute atomic E-state index is 0.536. The minimum atomic E-state index is -0.536. The fourth-order valence-corrected chi connectivity index (χ4v) is 11.2. The van der Waals surface area contributed by atoms with Crippen LogP contribution in [0.2, 0.25) is 0 Å². The van der Waals surface area contributed by atoms with Crippen molar-refractivity contribution in [2.24, 2.45) is 0 Å². The van der Waals surface area contributed by atoms with Crippen molar-refractivity contribution in [3.63, 3.8) is 0 Å². The normalized spacial score (nSPS) is 12.4. The Hall–Kier alpha value is -9.18. The van der Waals surface area contributed by atoms with E-state index in [-0.39, 0.29) is 0 Å². The van der Waals surface area contributed by atoms with Crippen LogP contribution in [-0.4, -0.2) is 4.57 Å². The molecule has 0 N–H and O–H groups in total. The van der Waals surface area contributed by atoms with E-state index < -0.39 is 5.41 Å². The summed E-state index contributed by atoms with van der Waals surface area (Å²) in [4.78, 5) is 4.70. The van der Waals surface area contributed by atoms with Gasteiger partial charge in [0, 0.05) is 50.6 Å². The summed E-state index contributed by atoms with van der Waals surface area (Å²) in [7, 11) is 0. The molecule has 330 valence electrons. The average molecular weight is 894 g/mol. The Balaban J connectivity index is 1.04. The predicted molar refractivity (Wildman–Crippen MR) is 293 cm³/mol. The summed E-state index contributed by atoms with van der Waals surface area (Å²) < 4.78 is 2.45. The molecule has 0 radical (unpaired) electrons. The lowest BCUT2D eigenvalue weighted by Crippen LogP contribution is -2.28. The van der Waals surface area contributed by atoms with Gasteiger partial charge in [0.2, 0.25) is 0 Å². The lowest BCUT2D eigenvalue weighted by molar-refractivity contribution is 0.770. The second-order valence-electron chi connectivity index (χ2n) is 18.1. The van der Waals surface area contributed by atoms with Crippen molar-refractivity contribution in [1.82, 2.24) is 4.57 Å². The van der Waals surface area contributed by atoms with Crippen LogP contribution in [0, 0.1) is 0 Å². The van der Waals surface area contributed by atoms with E-state index in [4.69, 9.17) is 0 Å². The largest absolute Gasteiger partial charge is 0.311 e. The number of para-hydroxylation sites is 3. The average Bonchev–Trinajstić information content (AvgIpc) is 3.93. The van der Waals surface area contributed by atoms with Gasteiger partial charge in [0.05, 0.1) is 16.4 Å². The van der Waals surface area contributed by atoms with E-state index in [9.17, 15) is 0 Å². The first-order valence-corrected chi connectivity index (χ1v) is 24.1. The standard InChI is InChI=1S/C67H47N3/c1-6-20-48(21-7-1)49-34-37-55(38-35-49)69(54-28-14-5-15-29-54)58-43-45-66-62(47-58)61-46-51(67(50-22-8-2-9-23-50)63-32-18-16-30-59(63)60-31-17-19-33-64(60)67)36-44-65(61)70(66)57-41-39-56(40-42-57)68(52-24-10-3-11-25-52)53-26-12-4-13-27-53/h1-47H. The van der Waals surface area contributed by atoms with Gasteiger partial charge >= 0.3 is 0 Å². The maximum absolute atomic E-state index is 2.49. The first-order chi connectivity index (χ1) is 34.7. The lowest BCUT2D eigenvalue weighted by atomic mass is 9.67. The highest BCUT2D eigenvalue weighted by atomic mass is 15.1. The number of rotatable bonds is 10. The molecule has 0 spiro atoms. The Morgan fingerprint density at radius 2 is 0.657 bits per heavy atom. The molecule has 0 atom stereocenters. The smallest absolute Gasteiger partial charge is 0.0713 e.